The smallest absolute Gasteiger partial charge is 0.417 e. The lowest BCUT2D eigenvalue weighted by Crippen LogP contribution is -2.38. The van der Waals surface area contributed by atoms with E-state index < -0.39 is 12.1 Å². The van der Waals surface area contributed by atoms with Crippen molar-refractivity contribution < 1.29 is 22.4 Å². The van der Waals surface area contributed by atoms with Crippen LogP contribution in [0.3, 0.4) is 0 Å². The molecule has 3 rings (SSSR count). The van der Waals surface area contributed by atoms with E-state index in [0.29, 0.717) is 32.4 Å². The van der Waals surface area contributed by atoms with Crippen LogP contribution in [0.1, 0.15) is 36.1 Å². The molecule has 1 aliphatic rings. The second-order valence-corrected chi connectivity index (χ2v) is 5.76. The molecule has 0 unspecified atom stereocenters. The Labute approximate surface area is 136 Å². The van der Waals surface area contributed by atoms with Crippen LogP contribution in [-0.2, 0) is 17.4 Å². The van der Waals surface area contributed by atoms with Crippen LogP contribution >= 0.6 is 0 Å². The molecule has 1 amide bonds. The highest BCUT2D eigenvalue weighted by atomic mass is 19.4. The molecule has 0 spiro atoms. The molecule has 8 heteroatoms. The molecule has 0 aliphatic carbocycles. The van der Waals surface area contributed by atoms with Gasteiger partial charge in [-0.15, -0.1) is 10.2 Å². The predicted octanol–water partition coefficient (Wildman–Crippen LogP) is 3.04. The van der Waals surface area contributed by atoms with E-state index in [0.717, 1.165) is 5.56 Å². The third kappa shape index (κ3) is 3.74. The molecule has 0 saturated carbocycles. The van der Waals surface area contributed by atoms with Gasteiger partial charge in [0.25, 0.3) is 0 Å². The Kier molecular flexibility index (Phi) is 4.55. The van der Waals surface area contributed by atoms with Crippen LogP contribution in [0.25, 0.3) is 0 Å². The number of hydrogen-bond donors (Lipinski definition) is 0. The number of hydrogen-bond acceptors (Lipinski definition) is 4. The van der Waals surface area contributed by atoms with Gasteiger partial charge in [-0.25, -0.2) is 0 Å². The average molecular weight is 339 g/mol. The summed E-state index contributed by atoms with van der Waals surface area (Å²) in [5, 5.41) is 6.55. The molecule has 2 heterocycles. The molecule has 128 valence electrons. The zero-order valence-corrected chi connectivity index (χ0v) is 12.8. The molecule has 1 fully saturated rings. The summed E-state index contributed by atoms with van der Waals surface area (Å²) in [6.07, 6.45) is -3.28. The lowest BCUT2D eigenvalue weighted by molar-refractivity contribution is -0.157. The molecule has 0 atom stereocenters. The number of likely N-dealkylation sites (tertiary alicyclic amines) is 1. The molecule has 1 aromatic heterocycles. The molecule has 24 heavy (non-hydrogen) atoms. The number of piperidine rings is 1. The normalized spacial score (nSPS) is 16.4. The van der Waals surface area contributed by atoms with E-state index in [-0.39, 0.29) is 17.7 Å². The molecular formula is C16H16F3N3O2. The van der Waals surface area contributed by atoms with Gasteiger partial charge in [0.1, 0.15) is 0 Å². The van der Waals surface area contributed by atoms with Crippen molar-refractivity contribution in [2.24, 2.45) is 0 Å². The number of aromatic nitrogens is 2. The first kappa shape index (κ1) is 16.5. The van der Waals surface area contributed by atoms with Crippen LogP contribution in [0, 0.1) is 0 Å². The van der Waals surface area contributed by atoms with E-state index in [1.54, 1.807) is 4.90 Å². The first-order valence-electron chi connectivity index (χ1n) is 7.66. The maximum Gasteiger partial charge on any atom is 0.470 e. The molecule has 0 N–H and O–H groups in total. The van der Waals surface area contributed by atoms with Crippen molar-refractivity contribution in [3.63, 3.8) is 0 Å². The maximum atomic E-state index is 12.5. The predicted molar refractivity (Wildman–Crippen MR) is 78.0 cm³/mol. The second-order valence-electron chi connectivity index (χ2n) is 5.76. The summed E-state index contributed by atoms with van der Waals surface area (Å²) in [6.45, 7) is 0.945. The molecule has 2 aromatic rings. The molecule has 1 saturated heterocycles. The Morgan fingerprint density at radius 2 is 1.83 bits per heavy atom. The van der Waals surface area contributed by atoms with Crippen LogP contribution in [0.4, 0.5) is 13.2 Å². The van der Waals surface area contributed by atoms with E-state index in [9.17, 15) is 18.0 Å². The lowest BCUT2D eigenvalue weighted by Gasteiger charge is -2.30. The van der Waals surface area contributed by atoms with Crippen LogP contribution < -0.4 is 0 Å². The van der Waals surface area contributed by atoms with Gasteiger partial charge in [0.2, 0.25) is 11.8 Å². The van der Waals surface area contributed by atoms with Crippen LogP contribution in [0.15, 0.2) is 34.7 Å². The SMILES string of the molecule is O=C(Cc1ccccc1)N1CCC(c2nnc(C(F)(F)F)o2)CC1. The quantitative estimate of drug-likeness (QED) is 0.862. The van der Waals surface area contributed by atoms with Gasteiger partial charge in [-0.05, 0) is 18.4 Å². The number of rotatable bonds is 3. The fraction of sp³-hybridized carbons (Fsp3) is 0.438. The van der Waals surface area contributed by atoms with Crippen molar-refractivity contribution >= 4 is 5.91 Å². The zero-order chi connectivity index (χ0) is 17.2. The minimum absolute atomic E-state index is 0.00233. The van der Waals surface area contributed by atoms with Crippen molar-refractivity contribution in [2.45, 2.75) is 31.4 Å². The largest absolute Gasteiger partial charge is 0.470 e. The zero-order valence-electron chi connectivity index (χ0n) is 12.8. The topological polar surface area (TPSA) is 59.2 Å². The summed E-state index contributed by atoms with van der Waals surface area (Å²) < 4.78 is 42.2. The van der Waals surface area contributed by atoms with Crippen molar-refractivity contribution in [3.05, 3.63) is 47.7 Å². The fourth-order valence-corrected chi connectivity index (χ4v) is 2.77. The minimum atomic E-state index is -4.63. The Morgan fingerprint density at radius 3 is 2.42 bits per heavy atom. The van der Waals surface area contributed by atoms with E-state index >= 15 is 0 Å². The van der Waals surface area contributed by atoms with Gasteiger partial charge < -0.3 is 9.32 Å². The summed E-state index contributed by atoms with van der Waals surface area (Å²) >= 11 is 0. The Morgan fingerprint density at radius 1 is 1.17 bits per heavy atom. The number of carbonyl (C=O) groups excluding carboxylic acids is 1. The second kappa shape index (κ2) is 6.62. The molecule has 0 bridgehead atoms. The van der Waals surface area contributed by atoms with E-state index in [1.165, 1.54) is 0 Å². The number of carbonyl (C=O) groups is 1. The summed E-state index contributed by atoms with van der Waals surface area (Å²) in [5.41, 5.74) is 0.941. The van der Waals surface area contributed by atoms with Crippen molar-refractivity contribution in [1.82, 2.24) is 15.1 Å². The van der Waals surface area contributed by atoms with E-state index in [4.69, 9.17) is 4.42 Å². The number of halogens is 3. The van der Waals surface area contributed by atoms with Crippen molar-refractivity contribution in [1.29, 1.82) is 0 Å². The third-order valence-electron chi connectivity index (χ3n) is 4.08. The number of benzene rings is 1. The van der Waals surface area contributed by atoms with Gasteiger partial charge in [-0.3, -0.25) is 4.79 Å². The third-order valence-corrected chi connectivity index (χ3v) is 4.08. The minimum Gasteiger partial charge on any atom is -0.417 e. The van der Waals surface area contributed by atoms with Gasteiger partial charge in [-0.2, -0.15) is 13.2 Å². The lowest BCUT2D eigenvalue weighted by atomic mass is 9.96. The highest BCUT2D eigenvalue weighted by molar-refractivity contribution is 5.78. The summed E-state index contributed by atoms with van der Waals surface area (Å²) in [5.74, 6) is -1.55. The molecular weight excluding hydrogens is 323 g/mol. The van der Waals surface area contributed by atoms with E-state index in [2.05, 4.69) is 10.2 Å². The van der Waals surface area contributed by atoms with Gasteiger partial charge in [0.05, 0.1) is 6.42 Å². The maximum absolute atomic E-state index is 12.5. The standard InChI is InChI=1S/C16H16F3N3O2/c17-16(18,19)15-21-20-14(24-15)12-6-8-22(9-7-12)13(23)10-11-4-2-1-3-5-11/h1-5,12H,6-10H2. The van der Waals surface area contributed by atoms with Gasteiger partial charge in [0, 0.05) is 19.0 Å². The van der Waals surface area contributed by atoms with Gasteiger partial charge >= 0.3 is 12.1 Å². The van der Waals surface area contributed by atoms with Crippen LogP contribution in [-0.4, -0.2) is 34.1 Å². The van der Waals surface area contributed by atoms with Crippen LogP contribution in [0.5, 0.6) is 0 Å². The van der Waals surface area contributed by atoms with Gasteiger partial charge in [-0.1, -0.05) is 30.3 Å². The van der Waals surface area contributed by atoms with E-state index in [1.807, 2.05) is 30.3 Å². The summed E-state index contributed by atoms with van der Waals surface area (Å²) in [6, 6.07) is 9.42. The molecule has 5 nitrogen and oxygen atoms in total. The highest BCUT2D eigenvalue weighted by Gasteiger charge is 2.39. The fourth-order valence-electron chi connectivity index (χ4n) is 2.77. The monoisotopic (exact) mass is 339 g/mol. The average Bonchev–Trinajstić information content (AvgIpc) is 3.06. The first-order chi connectivity index (χ1) is 11.4. The Hall–Kier alpha value is -2.38. The Bertz CT molecular complexity index is 692. The number of amides is 1. The first-order valence-corrected chi connectivity index (χ1v) is 7.66. The van der Waals surface area contributed by atoms with Crippen molar-refractivity contribution in [2.75, 3.05) is 13.1 Å². The van der Waals surface area contributed by atoms with Crippen molar-refractivity contribution in [3.8, 4) is 0 Å². The molecule has 1 aliphatic heterocycles. The number of alkyl halides is 3. The van der Waals surface area contributed by atoms with Gasteiger partial charge in [0.15, 0.2) is 0 Å². The summed E-state index contributed by atoms with van der Waals surface area (Å²) in [4.78, 5) is 14.0. The summed E-state index contributed by atoms with van der Waals surface area (Å²) in [7, 11) is 0. The number of nitrogens with zero attached hydrogens (tertiary/aromatic N) is 3. The highest BCUT2D eigenvalue weighted by Crippen LogP contribution is 2.32. The molecule has 1 aromatic carbocycles. The molecule has 0 radical (unpaired) electrons. The Balaban J connectivity index is 1.56. The van der Waals surface area contributed by atoms with Crippen LogP contribution in [0.2, 0.25) is 0 Å².